The third-order valence-corrected chi connectivity index (χ3v) is 6.18. The fourth-order valence-electron chi connectivity index (χ4n) is 4.41. The molecule has 0 radical (unpaired) electrons. The lowest BCUT2D eigenvalue weighted by Gasteiger charge is -2.39. The lowest BCUT2D eigenvalue weighted by Crippen LogP contribution is -2.57. The topological polar surface area (TPSA) is 104 Å². The summed E-state index contributed by atoms with van der Waals surface area (Å²) < 4.78 is 10.7. The molecule has 0 bridgehead atoms. The van der Waals surface area contributed by atoms with Crippen molar-refractivity contribution in [2.75, 3.05) is 39.4 Å². The zero-order valence-corrected chi connectivity index (χ0v) is 20.1. The second-order valence-corrected chi connectivity index (χ2v) is 8.53. The van der Waals surface area contributed by atoms with Gasteiger partial charge in [0, 0.05) is 32.7 Å². The second kappa shape index (κ2) is 11.2. The van der Waals surface area contributed by atoms with E-state index in [1.807, 2.05) is 30.0 Å². The van der Waals surface area contributed by atoms with Gasteiger partial charge in [0.15, 0.2) is 17.4 Å². The molecule has 9 nitrogen and oxygen atoms in total. The first-order valence-electron chi connectivity index (χ1n) is 12.0. The van der Waals surface area contributed by atoms with Gasteiger partial charge in [-0.3, -0.25) is 19.8 Å². The first kappa shape index (κ1) is 24.5. The first-order valence-corrected chi connectivity index (χ1v) is 12.0. The fourth-order valence-corrected chi connectivity index (χ4v) is 4.41. The molecule has 0 saturated carbocycles. The molecule has 35 heavy (non-hydrogen) atoms. The summed E-state index contributed by atoms with van der Waals surface area (Å²) in [6.45, 7) is 7.95. The van der Waals surface area contributed by atoms with Gasteiger partial charge in [-0.05, 0) is 37.1 Å². The fraction of sp³-hybridized carbons (Fsp3) is 0.423. The average molecular weight is 481 g/mol. The Kier molecular flexibility index (Phi) is 7.87. The van der Waals surface area contributed by atoms with Crippen molar-refractivity contribution in [3.63, 3.8) is 0 Å². The molecule has 2 aromatic carbocycles. The molecule has 2 aliphatic rings. The number of nitrogens with one attached hydrogen (secondary N) is 1. The monoisotopic (exact) mass is 480 g/mol. The maximum atomic E-state index is 13.1. The number of carbonyl (C=O) groups excluding carboxylic acids is 2. The Hall–Kier alpha value is -3.59. The van der Waals surface area contributed by atoms with E-state index >= 15 is 0 Å². The van der Waals surface area contributed by atoms with E-state index in [0.717, 1.165) is 19.6 Å². The molecule has 1 fully saturated rings. The van der Waals surface area contributed by atoms with Gasteiger partial charge in [0.25, 0.3) is 0 Å². The van der Waals surface area contributed by atoms with E-state index < -0.39 is 23.8 Å². The van der Waals surface area contributed by atoms with Gasteiger partial charge in [0.2, 0.25) is 11.9 Å². The van der Waals surface area contributed by atoms with Crippen molar-refractivity contribution in [1.82, 2.24) is 15.1 Å². The minimum absolute atomic E-state index is 0.0118. The van der Waals surface area contributed by atoms with Crippen LogP contribution in [0.3, 0.4) is 0 Å². The number of benzene rings is 2. The number of piperazine rings is 1. The van der Waals surface area contributed by atoms with Gasteiger partial charge in [0.05, 0.1) is 13.2 Å². The Labute approximate surface area is 205 Å². The van der Waals surface area contributed by atoms with Crippen LogP contribution in [0.5, 0.6) is 11.5 Å². The number of ether oxygens (including phenoxy) is 2. The van der Waals surface area contributed by atoms with Crippen LogP contribution in [-0.2, 0) is 20.9 Å². The Morgan fingerprint density at radius 2 is 1.83 bits per heavy atom. The van der Waals surface area contributed by atoms with Crippen LogP contribution in [0.2, 0.25) is 0 Å². The molecule has 2 heterocycles. The average Bonchev–Trinajstić information content (AvgIpc) is 2.86. The van der Waals surface area contributed by atoms with Gasteiger partial charge in [-0.2, -0.15) is 0 Å². The molecule has 0 aromatic heterocycles. The van der Waals surface area contributed by atoms with Crippen molar-refractivity contribution >= 4 is 17.8 Å². The molecule has 4 rings (SSSR count). The number of aliphatic imine (C=N–C) groups is 1. The first-order chi connectivity index (χ1) is 17.0. The summed E-state index contributed by atoms with van der Waals surface area (Å²) in [7, 11) is 0. The molecule has 2 aliphatic heterocycles. The Balaban J connectivity index is 1.55. The highest BCUT2D eigenvalue weighted by molar-refractivity contribution is 6.08. The van der Waals surface area contributed by atoms with E-state index in [1.54, 1.807) is 19.1 Å². The highest BCUT2D eigenvalue weighted by atomic mass is 16.5. The van der Waals surface area contributed by atoms with Crippen LogP contribution < -0.4 is 10.1 Å². The Morgan fingerprint density at radius 1 is 1.09 bits per heavy atom. The van der Waals surface area contributed by atoms with Gasteiger partial charge in [-0.25, -0.2) is 4.99 Å². The molecule has 186 valence electrons. The third kappa shape index (κ3) is 5.74. The molecular formula is C26H32N4O5. The van der Waals surface area contributed by atoms with Crippen LogP contribution in [-0.4, -0.2) is 72.1 Å². The van der Waals surface area contributed by atoms with Crippen LogP contribution >= 0.6 is 0 Å². The third-order valence-electron chi connectivity index (χ3n) is 6.18. The number of phenolic OH excluding ortho intramolecular Hbond substituents is 1. The maximum absolute atomic E-state index is 13.1. The van der Waals surface area contributed by atoms with E-state index in [4.69, 9.17) is 14.5 Å². The van der Waals surface area contributed by atoms with Gasteiger partial charge < -0.3 is 19.5 Å². The van der Waals surface area contributed by atoms with E-state index in [9.17, 15) is 14.7 Å². The Bertz CT molecular complexity index is 1070. The van der Waals surface area contributed by atoms with Crippen molar-refractivity contribution in [2.24, 2.45) is 10.9 Å². The van der Waals surface area contributed by atoms with E-state index in [2.05, 4.69) is 22.3 Å². The van der Waals surface area contributed by atoms with Gasteiger partial charge in [0.1, 0.15) is 6.04 Å². The molecule has 2 N–H and O–H groups in total. The summed E-state index contributed by atoms with van der Waals surface area (Å²) in [6, 6.07) is 14.3. The number of rotatable bonds is 7. The minimum Gasteiger partial charge on any atom is -0.504 e. The van der Waals surface area contributed by atoms with Crippen LogP contribution in [0.4, 0.5) is 0 Å². The summed E-state index contributed by atoms with van der Waals surface area (Å²) in [5.74, 6) is -1.48. The number of guanidine groups is 1. The van der Waals surface area contributed by atoms with Crippen LogP contribution in [0.25, 0.3) is 0 Å². The second-order valence-electron chi connectivity index (χ2n) is 8.53. The standard InChI is InChI=1S/C26H32N4O5/c1-3-34-21-16-19(10-11-20(21)31)23-22(25(33)35-4-2)24(32)28-26(27-23)30-14-12-29(13-15-30)17-18-8-6-5-7-9-18/h5-11,16,22-23,31H,3-4,12-15,17H2,1-2H3,(H,27,28,32). The summed E-state index contributed by atoms with van der Waals surface area (Å²) in [5, 5.41) is 12.9. The lowest BCUT2D eigenvalue weighted by molar-refractivity contribution is -0.153. The number of nitrogens with zero attached hydrogens (tertiary/aromatic N) is 3. The highest BCUT2D eigenvalue weighted by Crippen LogP contribution is 2.36. The molecule has 1 amide bonds. The quantitative estimate of drug-likeness (QED) is 0.463. The van der Waals surface area contributed by atoms with E-state index in [0.29, 0.717) is 31.2 Å². The summed E-state index contributed by atoms with van der Waals surface area (Å²) in [5.41, 5.74) is 1.86. The molecule has 0 aliphatic carbocycles. The van der Waals surface area contributed by atoms with Gasteiger partial charge in [-0.15, -0.1) is 0 Å². The highest BCUT2D eigenvalue weighted by Gasteiger charge is 2.42. The van der Waals surface area contributed by atoms with E-state index in [1.165, 1.54) is 11.6 Å². The van der Waals surface area contributed by atoms with Crippen LogP contribution in [0.15, 0.2) is 53.5 Å². The van der Waals surface area contributed by atoms with Gasteiger partial charge >= 0.3 is 5.97 Å². The summed E-state index contributed by atoms with van der Waals surface area (Å²) in [6.07, 6.45) is 0. The number of hydrogen-bond donors (Lipinski definition) is 2. The predicted molar refractivity (Wildman–Crippen MR) is 131 cm³/mol. The lowest BCUT2D eigenvalue weighted by atomic mass is 9.91. The molecular weight excluding hydrogens is 448 g/mol. The number of phenols is 1. The number of carbonyl (C=O) groups is 2. The summed E-state index contributed by atoms with van der Waals surface area (Å²) in [4.78, 5) is 35.0. The molecule has 2 unspecified atom stereocenters. The number of aromatic hydroxyl groups is 1. The van der Waals surface area contributed by atoms with E-state index in [-0.39, 0.29) is 18.1 Å². The summed E-state index contributed by atoms with van der Waals surface area (Å²) >= 11 is 0. The number of amides is 1. The normalized spacial score (nSPS) is 20.7. The van der Waals surface area contributed by atoms with Crippen molar-refractivity contribution in [3.8, 4) is 11.5 Å². The largest absolute Gasteiger partial charge is 0.504 e. The zero-order valence-electron chi connectivity index (χ0n) is 20.1. The van der Waals surface area contributed by atoms with Crippen LogP contribution in [0.1, 0.15) is 31.0 Å². The van der Waals surface area contributed by atoms with Crippen molar-refractivity contribution in [3.05, 3.63) is 59.7 Å². The number of esters is 1. The molecule has 9 heteroatoms. The van der Waals surface area contributed by atoms with Crippen molar-refractivity contribution in [1.29, 1.82) is 0 Å². The molecule has 1 saturated heterocycles. The SMILES string of the molecule is CCOC(=O)C1C(=O)NC(N2CCN(Cc3ccccc3)CC2)=NC1c1ccc(O)c(OCC)c1. The molecule has 2 atom stereocenters. The smallest absolute Gasteiger partial charge is 0.321 e. The van der Waals surface area contributed by atoms with Gasteiger partial charge in [-0.1, -0.05) is 36.4 Å². The minimum atomic E-state index is -1.13. The van der Waals surface area contributed by atoms with Crippen molar-refractivity contribution < 1.29 is 24.2 Å². The number of hydrogen-bond acceptors (Lipinski definition) is 8. The van der Waals surface area contributed by atoms with Crippen molar-refractivity contribution in [2.45, 2.75) is 26.4 Å². The predicted octanol–water partition coefficient (Wildman–Crippen LogP) is 2.31. The van der Waals surface area contributed by atoms with Crippen LogP contribution in [0, 0.1) is 5.92 Å². The molecule has 0 spiro atoms. The maximum Gasteiger partial charge on any atom is 0.321 e. The molecule has 2 aromatic rings. The Morgan fingerprint density at radius 3 is 2.51 bits per heavy atom. The zero-order chi connectivity index (χ0) is 24.8.